The van der Waals surface area contributed by atoms with Gasteiger partial charge in [0.25, 0.3) is 5.56 Å². The second kappa shape index (κ2) is 10.1. The molecule has 1 aliphatic rings. The molecule has 1 N–H and O–H groups in total. The van der Waals surface area contributed by atoms with Gasteiger partial charge >= 0.3 is 11.9 Å². The van der Waals surface area contributed by atoms with Crippen LogP contribution >= 0.6 is 11.3 Å². The van der Waals surface area contributed by atoms with Gasteiger partial charge < -0.3 is 14.6 Å². The number of carbonyl (C=O) groups excluding carboxylic acids is 1. The molecule has 0 aliphatic carbocycles. The fourth-order valence-electron chi connectivity index (χ4n) is 3.98. The molecular formula is C26H24N2O6S. The van der Waals surface area contributed by atoms with E-state index in [1.54, 1.807) is 50.3 Å². The van der Waals surface area contributed by atoms with E-state index in [1.807, 2.05) is 19.1 Å². The summed E-state index contributed by atoms with van der Waals surface area (Å²) in [5.41, 5.74) is 1.56. The predicted molar refractivity (Wildman–Crippen MR) is 131 cm³/mol. The smallest absolute Gasteiger partial charge is 0.338 e. The van der Waals surface area contributed by atoms with Crippen molar-refractivity contribution >= 4 is 29.4 Å². The third-order valence-electron chi connectivity index (χ3n) is 5.50. The average molecular weight is 493 g/mol. The van der Waals surface area contributed by atoms with E-state index in [0.717, 1.165) is 11.3 Å². The average Bonchev–Trinajstić information content (AvgIpc) is 3.13. The van der Waals surface area contributed by atoms with Gasteiger partial charge in [-0.1, -0.05) is 41.7 Å². The maximum absolute atomic E-state index is 13.6. The molecule has 1 aliphatic heterocycles. The number of hydrogen-bond donors (Lipinski definition) is 1. The summed E-state index contributed by atoms with van der Waals surface area (Å²) >= 11 is 1.14. The van der Waals surface area contributed by atoms with E-state index in [9.17, 15) is 19.5 Å². The topological polar surface area (TPSA) is 107 Å². The lowest BCUT2D eigenvalue weighted by molar-refractivity contribution is -0.139. The first-order valence-electron chi connectivity index (χ1n) is 11.1. The van der Waals surface area contributed by atoms with Crippen LogP contribution < -0.4 is 19.6 Å². The van der Waals surface area contributed by atoms with Gasteiger partial charge in [-0.15, -0.1) is 0 Å². The maximum atomic E-state index is 13.6. The Hall–Kier alpha value is -3.98. The Balaban J connectivity index is 1.94. The first-order chi connectivity index (χ1) is 16.8. The number of thiazole rings is 1. The lowest BCUT2D eigenvalue weighted by Gasteiger charge is -2.24. The number of carboxylic acid groups (broad SMARTS) is 1. The van der Waals surface area contributed by atoms with Crippen molar-refractivity contribution in [1.29, 1.82) is 0 Å². The van der Waals surface area contributed by atoms with Crippen molar-refractivity contribution in [3.05, 3.63) is 96.2 Å². The van der Waals surface area contributed by atoms with Gasteiger partial charge in [0.2, 0.25) is 0 Å². The zero-order valence-electron chi connectivity index (χ0n) is 19.5. The highest BCUT2D eigenvalue weighted by molar-refractivity contribution is 7.07. The molecule has 1 aromatic heterocycles. The van der Waals surface area contributed by atoms with E-state index in [4.69, 9.17) is 9.47 Å². The number of fused-ring (bicyclic) bond motifs is 1. The van der Waals surface area contributed by atoms with Crippen LogP contribution in [0.4, 0.5) is 0 Å². The Morgan fingerprint density at radius 1 is 1.11 bits per heavy atom. The Labute approximate surface area is 205 Å². The highest BCUT2D eigenvalue weighted by Gasteiger charge is 2.33. The lowest BCUT2D eigenvalue weighted by atomic mass is 9.96. The second-order valence-electron chi connectivity index (χ2n) is 7.70. The van der Waals surface area contributed by atoms with E-state index >= 15 is 0 Å². The van der Waals surface area contributed by atoms with Gasteiger partial charge in [0, 0.05) is 0 Å². The number of aromatic carboxylic acids is 1. The van der Waals surface area contributed by atoms with E-state index in [2.05, 4.69) is 4.99 Å². The van der Waals surface area contributed by atoms with Gasteiger partial charge in [0.15, 0.2) is 4.80 Å². The summed E-state index contributed by atoms with van der Waals surface area (Å²) in [5, 5.41) is 9.52. The summed E-state index contributed by atoms with van der Waals surface area (Å²) in [7, 11) is 0. The first kappa shape index (κ1) is 24.2. The molecule has 1 atom stereocenters. The molecular weight excluding hydrogens is 468 g/mol. The molecule has 0 bridgehead atoms. The predicted octanol–water partition coefficient (Wildman–Crippen LogP) is 2.90. The number of nitrogens with zero attached hydrogens (tertiary/aromatic N) is 2. The highest BCUT2D eigenvalue weighted by atomic mass is 32.1. The van der Waals surface area contributed by atoms with Crippen molar-refractivity contribution in [1.82, 2.24) is 4.57 Å². The standard InChI is InChI=1S/C26H24N2O6S/c1-4-33-18-12-10-16(11-13-18)22-21(25(32)34-5-2)15(3)27-26-28(22)23(29)20(35-26)14-17-8-6-7-9-19(17)24(30)31/h6-14,22H,4-5H2,1-3H3,(H,30,31)/b20-14-/t22-/m0/s1. The number of esters is 1. The summed E-state index contributed by atoms with van der Waals surface area (Å²) in [4.78, 5) is 43.2. The molecule has 0 unspecified atom stereocenters. The van der Waals surface area contributed by atoms with Gasteiger partial charge in [-0.3, -0.25) is 9.36 Å². The zero-order chi connectivity index (χ0) is 25.1. The number of allylic oxidation sites excluding steroid dienone is 1. The van der Waals surface area contributed by atoms with E-state index in [0.29, 0.717) is 38.5 Å². The molecule has 0 saturated carbocycles. The van der Waals surface area contributed by atoms with Crippen LogP contribution in [0.15, 0.2) is 69.6 Å². The first-order valence-corrected chi connectivity index (χ1v) is 11.9. The van der Waals surface area contributed by atoms with Crippen molar-refractivity contribution in [2.24, 2.45) is 4.99 Å². The summed E-state index contributed by atoms with van der Waals surface area (Å²) in [6.45, 7) is 6.01. The molecule has 0 amide bonds. The lowest BCUT2D eigenvalue weighted by Crippen LogP contribution is -2.39. The normalized spacial score (nSPS) is 15.4. The molecule has 8 nitrogen and oxygen atoms in total. The molecule has 0 spiro atoms. The van der Waals surface area contributed by atoms with E-state index in [-0.39, 0.29) is 23.3 Å². The summed E-state index contributed by atoms with van der Waals surface area (Å²) in [6.07, 6.45) is 1.55. The molecule has 4 rings (SSSR count). The van der Waals surface area contributed by atoms with Crippen molar-refractivity contribution in [2.45, 2.75) is 26.8 Å². The largest absolute Gasteiger partial charge is 0.494 e. The number of aromatic nitrogens is 1. The molecule has 2 heterocycles. The van der Waals surface area contributed by atoms with Crippen LogP contribution in [0, 0.1) is 0 Å². The third-order valence-corrected chi connectivity index (χ3v) is 6.48. The van der Waals surface area contributed by atoms with Crippen LogP contribution in [-0.4, -0.2) is 34.8 Å². The Kier molecular flexibility index (Phi) is 6.97. The van der Waals surface area contributed by atoms with Crippen molar-refractivity contribution in [2.75, 3.05) is 13.2 Å². The fraction of sp³-hybridized carbons (Fsp3) is 0.231. The minimum Gasteiger partial charge on any atom is -0.494 e. The second-order valence-corrected chi connectivity index (χ2v) is 8.71. The van der Waals surface area contributed by atoms with Crippen molar-refractivity contribution in [3.8, 4) is 5.75 Å². The summed E-state index contributed by atoms with van der Waals surface area (Å²) < 4.78 is 12.6. The van der Waals surface area contributed by atoms with Crippen molar-refractivity contribution in [3.63, 3.8) is 0 Å². The summed E-state index contributed by atoms with van der Waals surface area (Å²) in [6, 6.07) is 12.9. The van der Waals surface area contributed by atoms with Gasteiger partial charge in [-0.05, 0) is 56.2 Å². The highest BCUT2D eigenvalue weighted by Crippen LogP contribution is 2.31. The fourth-order valence-corrected chi connectivity index (χ4v) is 5.02. The number of benzene rings is 2. The molecule has 0 radical (unpaired) electrons. The van der Waals surface area contributed by atoms with E-state index in [1.165, 1.54) is 10.6 Å². The number of carboxylic acids is 1. The SMILES string of the molecule is CCOC(=O)C1=C(C)N=c2s/c(=C\c3ccccc3C(=O)O)c(=O)n2[C@H]1c1ccc(OCC)cc1. The van der Waals surface area contributed by atoms with Crippen LogP contribution in [0.5, 0.6) is 5.75 Å². The number of carbonyl (C=O) groups is 2. The molecule has 3 aromatic rings. The van der Waals surface area contributed by atoms with Crippen LogP contribution in [0.3, 0.4) is 0 Å². The van der Waals surface area contributed by atoms with Crippen LogP contribution in [0.2, 0.25) is 0 Å². The van der Waals surface area contributed by atoms with E-state index < -0.39 is 18.0 Å². The van der Waals surface area contributed by atoms with Crippen molar-refractivity contribution < 1.29 is 24.2 Å². The third kappa shape index (κ3) is 4.67. The van der Waals surface area contributed by atoms with Gasteiger partial charge in [0.05, 0.1) is 40.6 Å². The number of hydrogen-bond acceptors (Lipinski definition) is 7. The maximum Gasteiger partial charge on any atom is 0.338 e. The number of rotatable bonds is 7. The molecule has 2 aromatic carbocycles. The van der Waals surface area contributed by atoms with Crippen LogP contribution in [0.1, 0.15) is 48.3 Å². The zero-order valence-corrected chi connectivity index (χ0v) is 20.3. The molecule has 180 valence electrons. The molecule has 9 heteroatoms. The summed E-state index contributed by atoms with van der Waals surface area (Å²) in [5.74, 6) is -0.956. The number of ether oxygens (including phenoxy) is 2. The quantitative estimate of drug-likeness (QED) is 0.509. The minimum absolute atomic E-state index is 0.0878. The van der Waals surface area contributed by atoms with Gasteiger partial charge in [-0.25, -0.2) is 14.6 Å². The van der Waals surface area contributed by atoms with Crippen LogP contribution in [0.25, 0.3) is 6.08 Å². The minimum atomic E-state index is -1.09. The molecule has 0 fully saturated rings. The molecule has 0 saturated heterocycles. The Morgan fingerprint density at radius 2 is 1.83 bits per heavy atom. The van der Waals surface area contributed by atoms with Gasteiger partial charge in [0.1, 0.15) is 5.75 Å². The monoisotopic (exact) mass is 492 g/mol. The van der Waals surface area contributed by atoms with Crippen LogP contribution in [-0.2, 0) is 9.53 Å². The Morgan fingerprint density at radius 3 is 2.49 bits per heavy atom. The Bertz CT molecular complexity index is 1500. The van der Waals surface area contributed by atoms with Gasteiger partial charge in [-0.2, -0.15) is 0 Å². The molecule has 35 heavy (non-hydrogen) atoms.